The van der Waals surface area contributed by atoms with Crippen molar-refractivity contribution in [2.24, 2.45) is 5.10 Å². The number of fused-ring (bicyclic) bond motifs is 1. The van der Waals surface area contributed by atoms with E-state index in [-0.39, 0.29) is 5.75 Å². The molecule has 2 N–H and O–H groups in total. The van der Waals surface area contributed by atoms with E-state index in [0.717, 1.165) is 35.9 Å². The van der Waals surface area contributed by atoms with Gasteiger partial charge < -0.3 is 5.11 Å². The van der Waals surface area contributed by atoms with Gasteiger partial charge in [0, 0.05) is 12.0 Å². The highest BCUT2D eigenvalue weighted by Gasteiger charge is 2.07. The minimum atomic E-state index is 0.192. The number of unbranched alkanes of at least 4 members (excludes halogenated alkanes) is 1. The van der Waals surface area contributed by atoms with E-state index in [0.29, 0.717) is 10.3 Å². The monoisotopic (exact) mass is 326 g/mol. The summed E-state index contributed by atoms with van der Waals surface area (Å²) in [5, 5.41) is 23.6. The van der Waals surface area contributed by atoms with E-state index in [1.807, 2.05) is 30.3 Å². The van der Waals surface area contributed by atoms with Gasteiger partial charge in [-0.25, -0.2) is 0 Å². The summed E-state index contributed by atoms with van der Waals surface area (Å²) in [6.07, 6.45) is 4.54. The van der Waals surface area contributed by atoms with Crippen LogP contribution in [0.4, 0.5) is 0 Å². The second-order valence-corrected chi connectivity index (χ2v) is 5.71. The summed E-state index contributed by atoms with van der Waals surface area (Å²) in [6, 6.07) is 11.4. The van der Waals surface area contributed by atoms with E-state index < -0.39 is 0 Å². The van der Waals surface area contributed by atoms with Crippen LogP contribution in [-0.2, 0) is 6.42 Å². The Bertz CT molecular complexity index is 910. The zero-order valence-electron chi connectivity index (χ0n) is 12.9. The van der Waals surface area contributed by atoms with Crippen LogP contribution in [0.15, 0.2) is 41.5 Å². The quantitative estimate of drug-likeness (QED) is 0.549. The third-order valence-electron chi connectivity index (χ3n) is 3.72. The minimum absolute atomic E-state index is 0.192. The lowest BCUT2D eigenvalue weighted by Gasteiger charge is -2.05. The Balaban J connectivity index is 2.03. The standard InChI is InChI=1S/C17H18N4OS/c1-2-3-8-16-19-20-17(23)21(16)18-11-14-13-7-5-4-6-12(13)9-10-15(14)22/h4-7,9-11,22H,2-3,8H2,1H3,(H,20,23)/b18-11+. The van der Waals surface area contributed by atoms with Gasteiger partial charge in [-0.15, -0.1) is 0 Å². The number of benzene rings is 2. The molecule has 0 saturated heterocycles. The van der Waals surface area contributed by atoms with E-state index in [9.17, 15) is 5.11 Å². The lowest BCUT2D eigenvalue weighted by atomic mass is 10.0. The maximum absolute atomic E-state index is 10.2. The summed E-state index contributed by atoms with van der Waals surface area (Å²) in [7, 11) is 0. The van der Waals surface area contributed by atoms with Gasteiger partial charge in [0.1, 0.15) is 5.75 Å². The number of aryl methyl sites for hydroxylation is 1. The van der Waals surface area contributed by atoms with Gasteiger partial charge in [0.25, 0.3) is 0 Å². The molecule has 0 unspecified atom stereocenters. The molecular formula is C17H18N4OS. The van der Waals surface area contributed by atoms with Crippen molar-refractivity contribution in [2.75, 3.05) is 0 Å². The molecular weight excluding hydrogens is 308 g/mol. The molecule has 1 aromatic heterocycles. The molecule has 6 heteroatoms. The summed E-state index contributed by atoms with van der Waals surface area (Å²) in [6.45, 7) is 2.13. The molecule has 0 amide bonds. The van der Waals surface area contributed by atoms with Crippen LogP contribution < -0.4 is 0 Å². The van der Waals surface area contributed by atoms with Crippen molar-refractivity contribution in [1.29, 1.82) is 0 Å². The normalized spacial score (nSPS) is 11.5. The second kappa shape index (κ2) is 6.75. The summed E-state index contributed by atoms with van der Waals surface area (Å²) in [5.74, 6) is 0.991. The second-order valence-electron chi connectivity index (χ2n) is 5.32. The van der Waals surface area contributed by atoms with Crippen molar-refractivity contribution in [1.82, 2.24) is 14.9 Å². The van der Waals surface area contributed by atoms with Crippen LogP contribution in [0.25, 0.3) is 10.8 Å². The van der Waals surface area contributed by atoms with E-state index >= 15 is 0 Å². The van der Waals surface area contributed by atoms with Gasteiger partial charge in [0.2, 0.25) is 4.77 Å². The molecule has 0 saturated carbocycles. The minimum Gasteiger partial charge on any atom is -0.507 e. The number of aromatic amines is 1. The largest absolute Gasteiger partial charge is 0.507 e. The number of nitrogens with zero attached hydrogens (tertiary/aromatic N) is 3. The molecule has 3 rings (SSSR count). The summed E-state index contributed by atoms with van der Waals surface area (Å²) < 4.78 is 2.07. The first-order chi connectivity index (χ1) is 11.2. The highest BCUT2D eigenvalue weighted by molar-refractivity contribution is 7.71. The molecule has 0 radical (unpaired) electrons. The zero-order chi connectivity index (χ0) is 16.2. The van der Waals surface area contributed by atoms with Crippen LogP contribution in [0.1, 0.15) is 31.2 Å². The number of hydrogen-bond acceptors (Lipinski definition) is 4. The molecule has 0 fully saturated rings. The highest BCUT2D eigenvalue weighted by atomic mass is 32.1. The predicted octanol–water partition coefficient (Wildman–Crippen LogP) is 4.02. The fourth-order valence-corrected chi connectivity index (χ4v) is 2.67. The molecule has 1 heterocycles. The number of H-pyrrole nitrogens is 1. The summed E-state index contributed by atoms with van der Waals surface area (Å²) in [5.41, 5.74) is 0.674. The van der Waals surface area contributed by atoms with Crippen LogP contribution in [-0.4, -0.2) is 26.2 Å². The highest BCUT2D eigenvalue weighted by Crippen LogP contribution is 2.25. The number of phenols is 1. The molecule has 0 spiro atoms. The molecule has 0 aliphatic carbocycles. The van der Waals surface area contributed by atoms with Crippen molar-refractivity contribution < 1.29 is 5.11 Å². The smallest absolute Gasteiger partial charge is 0.216 e. The first kappa shape index (κ1) is 15.4. The van der Waals surface area contributed by atoms with Crippen LogP contribution >= 0.6 is 12.2 Å². The lowest BCUT2D eigenvalue weighted by molar-refractivity contribution is 0.475. The Morgan fingerprint density at radius 3 is 2.96 bits per heavy atom. The topological polar surface area (TPSA) is 66.2 Å². The van der Waals surface area contributed by atoms with Gasteiger partial charge in [0.15, 0.2) is 5.82 Å². The average Bonchev–Trinajstić information content (AvgIpc) is 2.92. The Hall–Kier alpha value is -2.47. The number of hydrogen-bond donors (Lipinski definition) is 2. The molecule has 0 atom stereocenters. The fourth-order valence-electron chi connectivity index (χ4n) is 2.48. The molecule has 0 aliphatic rings. The van der Waals surface area contributed by atoms with Gasteiger partial charge in [-0.05, 0) is 35.5 Å². The average molecular weight is 326 g/mol. The van der Waals surface area contributed by atoms with Gasteiger partial charge >= 0.3 is 0 Å². The Morgan fingerprint density at radius 2 is 2.13 bits per heavy atom. The van der Waals surface area contributed by atoms with Crippen molar-refractivity contribution in [3.8, 4) is 5.75 Å². The zero-order valence-corrected chi connectivity index (χ0v) is 13.7. The fraction of sp³-hybridized carbons (Fsp3) is 0.235. The van der Waals surface area contributed by atoms with E-state index in [1.165, 1.54) is 0 Å². The van der Waals surface area contributed by atoms with E-state index in [4.69, 9.17) is 12.2 Å². The van der Waals surface area contributed by atoms with Crippen molar-refractivity contribution >= 4 is 29.2 Å². The van der Waals surface area contributed by atoms with Crippen LogP contribution in [0.2, 0.25) is 0 Å². The van der Waals surface area contributed by atoms with Crippen LogP contribution in [0.5, 0.6) is 5.75 Å². The van der Waals surface area contributed by atoms with Crippen LogP contribution in [0.3, 0.4) is 0 Å². The third-order valence-corrected chi connectivity index (χ3v) is 3.99. The number of nitrogens with one attached hydrogen (secondary N) is 1. The summed E-state index contributed by atoms with van der Waals surface area (Å²) in [4.78, 5) is 0. The van der Waals surface area contributed by atoms with Gasteiger partial charge in [0.05, 0.1) is 6.21 Å². The van der Waals surface area contributed by atoms with E-state index in [2.05, 4.69) is 22.2 Å². The number of phenolic OH excluding ortho intramolecular Hbond substituents is 1. The molecule has 5 nitrogen and oxygen atoms in total. The first-order valence-corrected chi connectivity index (χ1v) is 8.03. The molecule has 3 aromatic rings. The van der Waals surface area contributed by atoms with Crippen LogP contribution in [0, 0.1) is 4.77 Å². The Labute approximate surface area is 139 Å². The lowest BCUT2D eigenvalue weighted by Crippen LogP contribution is -1.99. The Morgan fingerprint density at radius 1 is 1.30 bits per heavy atom. The van der Waals surface area contributed by atoms with Gasteiger partial charge in [-0.1, -0.05) is 43.7 Å². The Kier molecular flexibility index (Phi) is 4.52. The molecule has 2 aromatic carbocycles. The molecule has 118 valence electrons. The predicted molar refractivity (Wildman–Crippen MR) is 94.6 cm³/mol. The maximum Gasteiger partial charge on any atom is 0.216 e. The van der Waals surface area contributed by atoms with Gasteiger partial charge in [-0.3, -0.25) is 5.10 Å². The van der Waals surface area contributed by atoms with Crippen molar-refractivity contribution in [3.63, 3.8) is 0 Å². The number of rotatable bonds is 5. The maximum atomic E-state index is 10.2. The van der Waals surface area contributed by atoms with Crippen molar-refractivity contribution in [3.05, 3.63) is 52.6 Å². The SMILES string of the molecule is CCCCc1n[nH]c(=S)n1/N=C/c1c(O)ccc2ccccc12. The number of aromatic hydroxyl groups is 1. The third kappa shape index (κ3) is 3.17. The first-order valence-electron chi connectivity index (χ1n) is 7.62. The molecule has 0 bridgehead atoms. The van der Waals surface area contributed by atoms with Crippen molar-refractivity contribution in [2.45, 2.75) is 26.2 Å². The van der Waals surface area contributed by atoms with E-state index in [1.54, 1.807) is 17.0 Å². The number of aromatic nitrogens is 3. The summed E-state index contributed by atoms with van der Waals surface area (Å²) >= 11 is 5.24. The molecule has 23 heavy (non-hydrogen) atoms. The van der Waals surface area contributed by atoms with Gasteiger partial charge in [-0.2, -0.15) is 14.9 Å². The molecule has 0 aliphatic heterocycles.